The fraction of sp³-hybridized carbons (Fsp3) is 0.250. The van der Waals surface area contributed by atoms with E-state index in [0.29, 0.717) is 12.0 Å². The first-order valence-electron chi connectivity index (χ1n) is 5.09. The Kier molecular flexibility index (Phi) is 2.81. The lowest BCUT2D eigenvalue weighted by Crippen LogP contribution is -2.08. The van der Waals surface area contributed by atoms with Crippen LogP contribution in [0.3, 0.4) is 0 Å². The zero-order valence-corrected chi connectivity index (χ0v) is 9.34. The highest BCUT2D eigenvalue weighted by molar-refractivity contribution is 5.96. The van der Waals surface area contributed by atoms with E-state index in [9.17, 15) is 4.79 Å². The van der Waals surface area contributed by atoms with E-state index in [1.165, 1.54) is 0 Å². The molecule has 0 aliphatic heterocycles. The minimum Gasteiger partial charge on any atom is -0.338 e. The number of ketones is 1. The molecule has 0 saturated carbocycles. The maximum absolute atomic E-state index is 11.9. The second-order valence-electron chi connectivity index (χ2n) is 3.74. The quantitative estimate of drug-likeness (QED) is 0.730. The highest BCUT2D eigenvalue weighted by Gasteiger charge is 2.10. The van der Waals surface area contributed by atoms with Gasteiger partial charge in [-0.3, -0.25) is 9.78 Å². The Hall–Kier alpha value is -1.97. The number of pyridine rings is 1. The van der Waals surface area contributed by atoms with Crippen molar-refractivity contribution in [3.05, 3.63) is 47.8 Å². The molecule has 0 N–H and O–H groups in total. The summed E-state index contributed by atoms with van der Waals surface area (Å²) in [5, 5.41) is 0. The number of hydrogen-bond acceptors (Lipinski definition) is 3. The van der Waals surface area contributed by atoms with Crippen LogP contribution in [0.5, 0.6) is 0 Å². The van der Waals surface area contributed by atoms with E-state index >= 15 is 0 Å². The van der Waals surface area contributed by atoms with Crippen LogP contribution in [0.25, 0.3) is 0 Å². The fourth-order valence-corrected chi connectivity index (χ4v) is 1.45. The Morgan fingerprint density at radius 2 is 2.19 bits per heavy atom. The summed E-state index contributed by atoms with van der Waals surface area (Å²) >= 11 is 0. The van der Waals surface area contributed by atoms with Crippen molar-refractivity contribution in [2.75, 3.05) is 0 Å². The number of aryl methyl sites for hydroxylation is 2. The lowest BCUT2D eigenvalue weighted by Gasteiger charge is -2.01. The molecule has 0 saturated heterocycles. The van der Waals surface area contributed by atoms with Crippen molar-refractivity contribution in [1.82, 2.24) is 14.5 Å². The van der Waals surface area contributed by atoms with Gasteiger partial charge in [-0.15, -0.1) is 0 Å². The lowest BCUT2D eigenvalue weighted by atomic mass is 10.1. The summed E-state index contributed by atoms with van der Waals surface area (Å²) in [5.41, 5.74) is 1.54. The van der Waals surface area contributed by atoms with Crippen LogP contribution in [-0.2, 0) is 13.5 Å². The number of carbonyl (C=O) groups is 1. The first-order valence-corrected chi connectivity index (χ1v) is 5.09. The first-order chi connectivity index (χ1) is 7.66. The van der Waals surface area contributed by atoms with Crippen molar-refractivity contribution in [1.29, 1.82) is 0 Å². The summed E-state index contributed by atoms with van der Waals surface area (Å²) in [6.07, 6.45) is 5.45. The van der Waals surface area contributed by atoms with Gasteiger partial charge in [0.15, 0.2) is 5.78 Å². The predicted octanol–water partition coefficient (Wildman–Crippen LogP) is 1.55. The zero-order valence-electron chi connectivity index (χ0n) is 9.34. The fourth-order valence-electron chi connectivity index (χ4n) is 1.45. The minimum absolute atomic E-state index is 0.0433. The minimum atomic E-state index is 0.0433. The van der Waals surface area contributed by atoms with Gasteiger partial charge in [-0.05, 0) is 19.1 Å². The van der Waals surface area contributed by atoms with Gasteiger partial charge in [0.1, 0.15) is 5.82 Å². The van der Waals surface area contributed by atoms with Gasteiger partial charge in [-0.1, -0.05) is 0 Å². The van der Waals surface area contributed by atoms with Crippen LogP contribution >= 0.6 is 0 Å². The summed E-state index contributed by atoms with van der Waals surface area (Å²) in [4.78, 5) is 20.1. The molecule has 0 unspecified atom stereocenters. The number of Topliss-reactive ketones (excluding diaryl/α,β-unsaturated/α-hetero) is 1. The third kappa shape index (κ3) is 2.16. The summed E-state index contributed by atoms with van der Waals surface area (Å²) in [7, 11) is 1.88. The number of imidazole rings is 1. The molecule has 2 heterocycles. The van der Waals surface area contributed by atoms with Crippen molar-refractivity contribution < 1.29 is 4.79 Å². The molecule has 4 nitrogen and oxygen atoms in total. The molecule has 0 amide bonds. The van der Waals surface area contributed by atoms with Crippen LogP contribution in [0, 0.1) is 6.92 Å². The molecule has 0 aliphatic rings. The monoisotopic (exact) mass is 215 g/mol. The standard InChI is InChI=1S/C12H13N3O/c1-9-3-4-10(8-14-9)11(16)7-12-13-5-6-15(12)2/h3-6,8H,7H2,1-2H3. The molecule has 0 bridgehead atoms. The van der Waals surface area contributed by atoms with E-state index in [0.717, 1.165) is 11.5 Å². The Labute approximate surface area is 94.0 Å². The highest BCUT2D eigenvalue weighted by atomic mass is 16.1. The normalized spacial score (nSPS) is 10.4. The van der Waals surface area contributed by atoms with Crippen LogP contribution in [0.15, 0.2) is 30.7 Å². The maximum Gasteiger partial charge on any atom is 0.171 e. The molecule has 0 fully saturated rings. The molecule has 4 heteroatoms. The van der Waals surface area contributed by atoms with Gasteiger partial charge in [0.2, 0.25) is 0 Å². The number of aromatic nitrogens is 3. The molecule has 0 aromatic carbocycles. The number of rotatable bonds is 3. The lowest BCUT2D eigenvalue weighted by molar-refractivity contribution is 0.0989. The van der Waals surface area contributed by atoms with Gasteiger partial charge in [-0.2, -0.15) is 0 Å². The third-order valence-electron chi connectivity index (χ3n) is 2.47. The SMILES string of the molecule is Cc1ccc(C(=O)Cc2nccn2C)cn1. The van der Waals surface area contributed by atoms with Crippen molar-refractivity contribution in [2.45, 2.75) is 13.3 Å². The van der Waals surface area contributed by atoms with E-state index in [2.05, 4.69) is 9.97 Å². The van der Waals surface area contributed by atoms with E-state index in [1.54, 1.807) is 18.5 Å². The Morgan fingerprint density at radius 3 is 2.75 bits per heavy atom. The van der Waals surface area contributed by atoms with Gasteiger partial charge < -0.3 is 4.57 Å². The molecule has 0 radical (unpaired) electrons. The third-order valence-corrected chi connectivity index (χ3v) is 2.47. The van der Waals surface area contributed by atoms with E-state index in [1.807, 2.05) is 30.8 Å². The van der Waals surface area contributed by atoms with E-state index in [-0.39, 0.29) is 5.78 Å². The van der Waals surface area contributed by atoms with Gasteiger partial charge in [0.05, 0.1) is 6.42 Å². The number of carbonyl (C=O) groups excluding carboxylic acids is 1. The summed E-state index contributed by atoms with van der Waals surface area (Å²) in [5.74, 6) is 0.812. The Morgan fingerprint density at radius 1 is 1.38 bits per heavy atom. The maximum atomic E-state index is 11.9. The van der Waals surface area contributed by atoms with E-state index < -0.39 is 0 Å². The molecular weight excluding hydrogens is 202 g/mol. The summed E-state index contributed by atoms with van der Waals surface area (Å²) in [6, 6.07) is 3.64. The van der Waals surface area contributed by atoms with Gasteiger partial charge >= 0.3 is 0 Å². The van der Waals surface area contributed by atoms with Gasteiger partial charge in [0, 0.05) is 36.9 Å². The molecular formula is C12H13N3O. The van der Waals surface area contributed by atoms with E-state index in [4.69, 9.17) is 0 Å². The Balaban J connectivity index is 2.15. The van der Waals surface area contributed by atoms with Crippen molar-refractivity contribution >= 4 is 5.78 Å². The molecule has 2 rings (SSSR count). The molecule has 16 heavy (non-hydrogen) atoms. The number of hydrogen-bond donors (Lipinski definition) is 0. The highest BCUT2D eigenvalue weighted by Crippen LogP contribution is 2.05. The Bertz CT molecular complexity index is 499. The van der Waals surface area contributed by atoms with Gasteiger partial charge in [0.25, 0.3) is 0 Å². The van der Waals surface area contributed by atoms with Crippen LogP contribution in [0.1, 0.15) is 21.9 Å². The molecule has 2 aromatic heterocycles. The molecule has 0 atom stereocenters. The zero-order chi connectivity index (χ0) is 11.5. The summed E-state index contributed by atoms with van der Waals surface area (Å²) in [6.45, 7) is 1.90. The molecule has 0 aliphatic carbocycles. The van der Waals surface area contributed by atoms with Gasteiger partial charge in [-0.25, -0.2) is 4.98 Å². The number of nitrogens with zero attached hydrogens (tertiary/aromatic N) is 3. The predicted molar refractivity (Wildman–Crippen MR) is 60.2 cm³/mol. The van der Waals surface area contributed by atoms with Crippen molar-refractivity contribution in [3.8, 4) is 0 Å². The first kappa shape index (κ1) is 10.5. The van der Waals surface area contributed by atoms with Crippen molar-refractivity contribution in [3.63, 3.8) is 0 Å². The van der Waals surface area contributed by atoms with Crippen LogP contribution in [-0.4, -0.2) is 20.3 Å². The second-order valence-corrected chi connectivity index (χ2v) is 3.74. The average molecular weight is 215 g/mol. The average Bonchev–Trinajstić information content (AvgIpc) is 2.65. The summed E-state index contributed by atoms with van der Waals surface area (Å²) < 4.78 is 1.85. The second kappa shape index (κ2) is 4.26. The van der Waals surface area contributed by atoms with Crippen molar-refractivity contribution in [2.24, 2.45) is 7.05 Å². The molecule has 0 spiro atoms. The largest absolute Gasteiger partial charge is 0.338 e. The molecule has 2 aromatic rings. The smallest absolute Gasteiger partial charge is 0.171 e. The van der Waals surface area contributed by atoms with Crippen LogP contribution < -0.4 is 0 Å². The molecule has 82 valence electrons. The topological polar surface area (TPSA) is 47.8 Å². The van der Waals surface area contributed by atoms with Crippen LogP contribution in [0.4, 0.5) is 0 Å². The van der Waals surface area contributed by atoms with Crippen LogP contribution in [0.2, 0.25) is 0 Å².